The average Bonchev–Trinajstić information content (AvgIpc) is 2.63. The van der Waals surface area contributed by atoms with Crippen LogP contribution in [0.1, 0.15) is 5.56 Å². The minimum absolute atomic E-state index is 0.0663. The molecule has 1 N–H and O–H groups in total. The zero-order valence-corrected chi connectivity index (χ0v) is 14.6. The van der Waals surface area contributed by atoms with Gasteiger partial charge in [-0.1, -0.05) is 12.1 Å². The van der Waals surface area contributed by atoms with Crippen LogP contribution in [0.25, 0.3) is 0 Å². The molecule has 0 spiro atoms. The highest BCUT2D eigenvalue weighted by atomic mass is 32.2. The normalized spacial score (nSPS) is 15.3. The third-order valence-corrected chi connectivity index (χ3v) is 5.62. The van der Waals surface area contributed by atoms with Crippen LogP contribution >= 0.6 is 0 Å². The zero-order valence-electron chi connectivity index (χ0n) is 13.8. The second-order valence-electron chi connectivity index (χ2n) is 5.87. The van der Waals surface area contributed by atoms with Crippen LogP contribution in [0.3, 0.4) is 0 Å². The van der Waals surface area contributed by atoms with Crippen molar-refractivity contribution in [1.82, 2.24) is 4.72 Å². The molecular formula is C18H21FN2O3S. The molecule has 1 aliphatic heterocycles. The van der Waals surface area contributed by atoms with Gasteiger partial charge in [-0.25, -0.2) is 17.5 Å². The Balaban J connectivity index is 1.54. The van der Waals surface area contributed by atoms with Crippen LogP contribution in [-0.2, 0) is 21.2 Å². The van der Waals surface area contributed by atoms with Gasteiger partial charge in [0, 0.05) is 25.3 Å². The lowest BCUT2D eigenvalue weighted by atomic mass is 10.1. The first-order chi connectivity index (χ1) is 12.0. The topological polar surface area (TPSA) is 58.6 Å². The monoisotopic (exact) mass is 364 g/mol. The molecule has 7 heteroatoms. The van der Waals surface area contributed by atoms with E-state index in [0.29, 0.717) is 6.42 Å². The fourth-order valence-electron chi connectivity index (χ4n) is 2.72. The maximum atomic E-state index is 12.9. The first kappa shape index (κ1) is 17.8. The van der Waals surface area contributed by atoms with E-state index in [1.807, 2.05) is 12.1 Å². The Bertz CT molecular complexity index is 786. The van der Waals surface area contributed by atoms with Gasteiger partial charge in [-0.15, -0.1) is 0 Å². The number of anilines is 1. The van der Waals surface area contributed by atoms with E-state index in [-0.39, 0.29) is 11.4 Å². The molecule has 1 heterocycles. The highest BCUT2D eigenvalue weighted by Crippen LogP contribution is 2.17. The third kappa shape index (κ3) is 4.78. The number of hydrogen-bond donors (Lipinski definition) is 1. The Hall–Kier alpha value is -1.96. The number of benzene rings is 2. The van der Waals surface area contributed by atoms with Crippen molar-refractivity contribution in [2.45, 2.75) is 11.3 Å². The summed E-state index contributed by atoms with van der Waals surface area (Å²) < 4.78 is 45.1. The van der Waals surface area contributed by atoms with Crippen molar-refractivity contribution < 1.29 is 17.5 Å². The van der Waals surface area contributed by atoms with E-state index in [1.54, 1.807) is 0 Å². The number of sulfonamides is 1. The van der Waals surface area contributed by atoms with E-state index in [4.69, 9.17) is 4.74 Å². The number of ether oxygens (including phenoxy) is 1. The molecule has 2 aromatic rings. The molecule has 0 aliphatic carbocycles. The van der Waals surface area contributed by atoms with Gasteiger partial charge in [-0.3, -0.25) is 0 Å². The van der Waals surface area contributed by atoms with Crippen LogP contribution in [0, 0.1) is 5.82 Å². The second-order valence-corrected chi connectivity index (χ2v) is 7.63. The number of halogens is 1. The highest BCUT2D eigenvalue weighted by molar-refractivity contribution is 7.89. The van der Waals surface area contributed by atoms with Gasteiger partial charge in [0.1, 0.15) is 5.82 Å². The molecule has 0 saturated carbocycles. The van der Waals surface area contributed by atoms with Crippen molar-refractivity contribution in [3.05, 3.63) is 59.9 Å². The molecule has 1 fully saturated rings. The molecule has 0 bridgehead atoms. The second kappa shape index (κ2) is 7.95. The maximum absolute atomic E-state index is 12.9. The summed E-state index contributed by atoms with van der Waals surface area (Å²) in [6.07, 6.45) is 0.587. The SMILES string of the molecule is O=S(=O)(NCCc1ccc(N2CCOCC2)cc1)c1ccc(F)cc1. The quantitative estimate of drug-likeness (QED) is 0.854. The molecule has 0 amide bonds. The number of morpholine rings is 1. The summed E-state index contributed by atoms with van der Waals surface area (Å²) >= 11 is 0. The van der Waals surface area contributed by atoms with Gasteiger partial charge in [0.2, 0.25) is 10.0 Å². The van der Waals surface area contributed by atoms with Gasteiger partial charge in [0.25, 0.3) is 0 Å². The van der Waals surface area contributed by atoms with Crippen LogP contribution in [0.5, 0.6) is 0 Å². The zero-order chi connectivity index (χ0) is 17.7. The van der Waals surface area contributed by atoms with Gasteiger partial charge < -0.3 is 9.64 Å². The van der Waals surface area contributed by atoms with E-state index in [9.17, 15) is 12.8 Å². The van der Waals surface area contributed by atoms with Crippen molar-refractivity contribution >= 4 is 15.7 Å². The van der Waals surface area contributed by atoms with Gasteiger partial charge in [0.15, 0.2) is 0 Å². The summed E-state index contributed by atoms with van der Waals surface area (Å²) in [6.45, 7) is 3.55. The molecule has 2 aromatic carbocycles. The standard InChI is InChI=1S/C18H21FN2O3S/c19-16-3-7-18(8-4-16)25(22,23)20-10-9-15-1-5-17(6-2-15)21-11-13-24-14-12-21/h1-8,20H,9-14H2. The molecule has 5 nitrogen and oxygen atoms in total. The predicted octanol–water partition coefficient (Wildman–Crippen LogP) is 2.18. The van der Waals surface area contributed by atoms with Crippen LogP contribution < -0.4 is 9.62 Å². The Morgan fingerprint density at radius 3 is 2.28 bits per heavy atom. The summed E-state index contributed by atoms with van der Waals surface area (Å²) in [4.78, 5) is 2.33. The lowest BCUT2D eigenvalue weighted by molar-refractivity contribution is 0.122. The van der Waals surface area contributed by atoms with Crippen LogP contribution in [0.2, 0.25) is 0 Å². The lowest BCUT2D eigenvalue weighted by Gasteiger charge is -2.28. The van der Waals surface area contributed by atoms with E-state index in [0.717, 1.165) is 49.7 Å². The summed E-state index contributed by atoms with van der Waals surface area (Å²) in [5, 5.41) is 0. The van der Waals surface area contributed by atoms with Crippen molar-refractivity contribution in [1.29, 1.82) is 0 Å². The molecule has 0 radical (unpaired) electrons. The summed E-state index contributed by atoms with van der Waals surface area (Å²) in [5.41, 5.74) is 2.21. The fraction of sp³-hybridized carbons (Fsp3) is 0.333. The van der Waals surface area contributed by atoms with Gasteiger partial charge >= 0.3 is 0 Å². The molecule has 0 atom stereocenters. The van der Waals surface area contributed by atoms with Crippen molar-refractivity contribution in [3.63, 3.8) is 0 Å². The third-order valence-electron chi connectivity index (χ3n) is 4.14. The van der Waals surface area contributed by atoms with E-state index < -0.39 is 15.8 Å². The summed E-state index contributed by atoms with van der Waals surface area (Å²) in [7, 11) is -3.61. The summed E-state index contributed by atoms with van der Waals surface area (Å²) in [6, 6.07) is 12.9. The number of rotatable bonds is 6. The molecule has 0 aromatic heterocycles. The summed E-state index contributed by atoms with van der Waals surface area (Å²) in [5.74, 6) is -0.459. The highest BCUT2D eigenvalue weighted by Gasteiger charge is 2.14. The number of nitrogens with one attached hydrogen (secondary N) is 1. The largest absolute Gasteiger partial charge is 0.378 e. The Labute approximate surface area is 147 Å². The van der Waals surface area contributed by atoms with Crippen molar-refractivity contribution in [2.75, 3.05) is 37.7 Å². The minimum atomic E-state index is -3.61. The number of hydrogen-bond acceptors (Lipinski definition) is 4. The number of nitrogens with zero attached hydrogens (tertiary/aromatic N) is 1. The lowest BCUT2D eigenvalue weighted by Crippen LogP contribution is -2.36. The average molecular weight is 364 g/mol. The molecule has 3 rings (SSSR count). The first-order valence-electron chi connectivity index (χ1n) is 8.21. The molecule has 25 heavy (non-hydrogen) atoms. The predicted molar refractivity (Wildman–Crippen MR) is 94.8 cm³/mol. The van der Waals surface area contributed by atoms with Crippen LogP contribution in [-0.4, -0.2) is 41.3 Å². The Morgan fingerprint density at radius 2 is 1.64 bits per heavy atom. The van der Waals surface area contributed by atoms with Crippen molar-refractivity contribution in [3.8, 4) is 0 Å². The van der Waals surface area contributed by atoms with E-state index >= 15 is 0 Å². The molecule has 134 valence electrons. The van der Waals surface area contributed by atoms with Gasteiger partial charge in [-0.05, 0) is 48.4 Å². The fourth-order valence-corrected chi connectivity index (χ4v) is 3.75. The Kier molecular flexibility index (Phi) is 5.67. The molecule has 1 saturated heterocycles. The first-order valence-corrected chi connectivity index (χ1v) is 9.70. The van der Waals surface area contributed by atoms with Crippen LogP contribution in [0.15, 0.2) is 53.4 Å². The molecular weight excluding hydrogens is 343 g/mol. The molecule has 0 unspecified atom stereocenters. The maximum Gasteiger partial charge on any atom is 0.240 e. The molecule has 1 aliphatic rings. The van der Waals surface area contributed by atoms with E-state index in [1.165, 1.54) is 12.1 Å². The Morgan fingerprint density at radius 1 is 1.00 bits per heavy atom. The van der Waals surface area contributed by atoms with Crippen LogP contribution in [0.4, 0.5) is 10.1 Å². The van der Waals surface area contributed by atoms with Gasteiger partial charge in [-0.2, -0.15) is 0 Å². The van der Waals surface area contributed by atoms with Gasteiger partial charge in [0.05, 0.1) is 18.1 Å². The van der Waals surface area contributed by atoms with E-state index in [2.05, 4.69) is 21.8 Å². The smallest absolute Gasteiger partial charge is 0.240 e. The van der Waals surface area contributed by atoms with Crippen molar-refractivity contribution in [2.24, 2.45) is 0 Å². The minimum Gasteiger partial charge on any atom is -0.378 e.